The number of ketones is 1. The number of aliphatic carboxylic acids is 1. The topological polar surface area (TPSA) is 282 Å². The van der Waals surface area contributed by atoms with Gasteiger partial charge in [0.15, 0.2) is 11.5 Å². The van der Waals surface area contributed by atoms with E-state index in [0.717, 1.165) is 6.08 Å². The van der Waals surface area contributed by atoms with Crippen LogP contribution in [0, 0.1) is 34.5 Å². The van der Waals surface area contributed by atoms with Gasteiger partial charge in [-0.3, -0.25) is 9.59 Å². The normalized spacial score (nSPS) is 46.3. The molecule has 0 aromatic carbocycles. The molecule has 2 bridgehead atoms. The molecule has 0 radical (unpaired) electrons. The van der Waals surface area contributed by atoms with Gasteiger partial charge in [0, 0.05) is 30.3 Å². The number of Topliss-reactive ketones (excluding diaryl/α,β-unsaturated/α-hetero) is 1. The fourth-order valence-electron chi connectivity index (χ4n) is 9.98. The van der Waals surface area contributed by atoms with E-state index in [1.165, 1.54) is 33.8 Å². The molecular weight excluding hydrogens is 708 g/mol. The van der Waals surface area contributed by atoms with Crippen LogP contribution in [-0.4, -0.2) is 145 Å². The molecule has 16 atom stereocenters. The molecule has 6 aliphatic rings. The van der Waals surface area contributed by atoms with Gasteiger partial charge in [-0.1, -0.05) is 13.8 Å². The molecule has 3 aliphatic carbocycles. The van der Waals surface area contributed by atoms with Crippen molar-refractivity contribution < 1.29 is 88.1 Å². The Balaban J connectivity index is 1.44. The van der Waals surface area contributed by atoms with E-state index in [4.69, 9.17) is 28.4 Å². The molecule has 2 saturated carbocycles. The summed E-state index contributed by atoms with van der Waals surface area (Å²) in [5, 5.41) is 75.3. The quantitative estimate of drug-likeness (QED) is 0.0791. The Hall–Kier alpha value is -3.49. The van der Waals surface area contributed by atoms with E-state index in [0.29, 0.717) is 0 Å². The number of carboxylic acids is 1. The molecule has 1 spiro atoms. The van der Waals surface area contributed by atoms with Gasteiger partial charge in [0.05, 0.1) is 25.2 Å². The third-order valence-electron chi connectivity index (χ3n) is 12.7. The second-order valence-corrected chi connectivity index (χ2v) is 15.8. The summed E-state index contributed by atoms with van der Waals surface area (Å²) in [5.41, 5.74) is -6.73. The average molecular weight is 755 g/mol. The second kappa shape index (κ2) is 13.1. The van der Waals surface area contributed by atoms with Crippen molar-refractivity contribution in [2.24, 2.45) is 34.5 Å². The zero-order valence-electron chi connectivity index (χ0n) is 29.9. The lowest BCUT2D eigenvalue weighted by molar-refractivity contribution is -0.296. The number of aliphatic hydroxyl groups excluding tert-OH is 6. The number of ether oxygens (including phenoxy) is 6. The van der Waals surface area contributed by atoms with Crippen LogP contribution in [0.2, 0.25) is 0 Å². The monoisotopic (exact) mass is 754 g/mol. The van der Waals surface area contributed by atoms with Crippen molar-refractivity contribution in [1.29, 1.82) is 0 Å². The van der Waals surface area contributed by atoms with E-state index in [-0.39, 0.29) is 17.8 Å². The molecule has 3 heterocycles. The summed E-state index contributed by atoms with van der Waals surface area (Å²) in [6.07, 6.45) is -13.5. The second-order valence-electron chi connectivity index (χ2n) is 15.8. The molecule has 0 amide bonds. The molecule has 6 rings (SSSR count). The first-order valence-corrected chi connectivity index (χ1v) is 17.4. The van der Waals surface area contributed by atoms with E-state index >= 15 is 0 Å². The summed E-state index contributed by atoms with van der Waals surface area (Å²) in [7, 11) is 0. The van der Waals surface area contributed by atoms with Crippen LogP contribution in [-0.2, 0) is 52.4 Å². The van der Waals surface area contributed by atoms with Gasteiger partial charge < -0.3 is 64.2 Å². The number of fused-ring (bicyclic) bond motifs is 2. The Labute approximate surface area is 303 Å². The highest BCUT2D eigenvalue weighted by molar-refractivity contribution is 5.97. The molecule has 3 saturated heterocycles. The minimum absolute atomic E-state index is 0.0515. The molecule has 7 N–H and O–H groups in total. The van der Waals surface area contributed by atoms with E-state index in [2.05, 4.69) is 0 Å². The highest BCUT2D eigenvalue weighted by Gasteiger charge is 2.85. The Morgan fingerprint density at radius 2 is 1.68 bits per heavy atom. The first-order chi connectivity index (χ1) is 24.6. The van der Waals surface area contributed by atoms with Crippen molar-refractivity contribution >= 4 is 29.7 Å². The zero-order valence-corrected chi connectivity index (χ0v) is 29.9. The van der Waals surface area contributed by atoms with Gasteiger partial charge >= 0.3 is 23.9 Å². The van der Waals surface area contributed by atoms with Crippen LogP contribution in [0.4, 0.5) is 0 Å². The maximum atomic E-state index is 13.8. The Kier molecular flexibility index (Phi) is 9.67. The van der Waals surface area contributed by atoms with Crippen molar-refractivity contribution in [1.82, 2.24) is 0 Å². The van der Waals surface area contributed by atoms with Gasteiger partial charge in [0.25, 0.3) is 0 Å². The lowest BCUT2D eigenvalue weighted by Gasteiger charge is -2.67. The van der Waals surface area contributed by atoms with Crippen molar-refractivity contribution in [2.45, 2.75) is 114 Å². The van der Waals surface area contributed by atoms with Gasteiger partial charge in [-0.05, 0) is 50.2 Å². The minimum atomic E-state index is -2.66. The number of aliphatic hydroxyl groups is 6. The number of carbonyl (C=O) groups excluding carboxylic acids is 4. The summed E-state index contributed by atoms with van der Waals surface area (Å²) in [6.45, 7) is 7.65. The minimum Gasteiger partial charge on any atom is -0.479 e. The predicted molar refractivity (Wildman–Crippen MR) is 170 cm³/mol. The predicted octanol–water partition coefficient (Wildman–Crippen LogP) is -2.14. The standard InChI is InChI=1S/C35H46O18/c1-12(32(4,5)53-14(3)37)7-19(38)52-25-27-34-11-48-35(27,31(46)47)28(44)24(43)26(34)33(6)9-16(20(39)13(2)15(33)8-18(34)51-29(25)45)49-30-23(42)22(41)21(40)17(10-36)50-30/h7,9,13,15,17-18,21-28,30,36,40-44H,8,10-11H2,1-6H3,(H,46,47)/b12-7+/t13-,15-,17?,18+,21?,22?,23?,24+,25+,26+,27+,28-,30?,33-,34+,35-/m0/s1. The molecule has 5 fully saturated rings. The van der Waals surface area contributed by atoms with Crippen molar-refractivity contribution in [3.8, 4) is 0 Å². The number of hydrogen-bond acceptors (Lipinski definition) is 17. The Morgan fingerprint density at radius 3 is 2.28 bits per heavy atom. The molecule has 5 unspecified atom stereocenters. The number of carbonyl (C=O) groups is 5. The summed E-state index contributed by atoms with van der Waals surface area (Å²) >= 11 is 0. The van der Waals surface area contributed by atoms with Crippen molar-refractivity contribution in [3.63, 3.8) is 0 Å². The summed E-state index contributed by atoms with van der Waals surface area (Å²) < 4.78 is 34.1. The SMILES string of the molecule is CC(=O)OC(C)(C)/C(C)=C/C(=O)O[C@H]1C(=O)O[C@@H]2C[C@H]3[C@H](C)C(=O)C(OC4OC(CO)C(O)C(O)C4O)=C[C@]3(C)[C@H]3[C@@H](O)[C@H](O)[C@@]4(C(=O)O)OC[C@]32[C@@H]14. The van der Waals surface area contributed by atoms with Crippen LogP contribution >= 0.6 is 0 Å². The zero-order chi connectivity index (χ0) is 39.3. The average Bonchev–Trinajstić information content (AvgIpc) is 3.38. The van der Waals surface area contributed by atoms with Crippen molar-refractivity contribution in [3.05, 3.63) is 23.5 Å². The molecular formula is C35H46O18. The largest absolute Gasteiger partial charge is 0.479 e. The molecule has 294 valence electrons. The van der Waals surface area contributed by atoms with E-state index in [1.807, 2.05) is 0 Å². The van der Waals surface area contributed by atoms with Crippen LogP contribution in [0.3, 0.4) is 0 Å². The van der Waals surface area contributed by atoms with E-state index in [9.17, 15) is 59.7 Å². The Morgan fingerprint density at radius 1 is 1.02 bits per heavy atom. The first-order valence-electron chi connectivity index (χ1n) is 17.4. The fraction of sp³-hybridized carbons (Fsp3) is 0.743. The first kappa shape index (κ1) is 39.2. The van der Waals surface area contributed by atoms with Gasteiger partial charge in [-0.15, -0.1) is 0 Å². The number of allylic oxidation sites excluding steroid dienone is 2. The smallest absolute Gasteiger partial charge is 0.348 e. The number of esters is 3. The van der Waals surface area contributed by atoms with Crippen LogP contribution in [0.25, 0.3) is 0 Å². The van der Waals surface area contributed by atoms with E-state index < -0.39 is 144 Å². The van der Waals surface area contributed by atoms with Gasteiger partial charge in [-0.2, -0.15) is 0 Å². The highest BCUT2D eigenvalue weighted by Crippen LogP contribution is 2.72. The lowest BCUT2D eigenvalue weighted by Crippen LogP contribution is -2.79. The number of carboxylic acid groups (broad SMARTS) is 1. The van der Waals surface area contributed by atoms with Crippen LogP contribution in [0.5, 0.6) is 0 Å². The molecule has 3 aliphatic heterocycles. The number of rotatable bonds is 8. The van der Waals surface area contributed by atoms with Crippen molar-refractivity contribution in [2.75, 3.05) is 13.2 Å². The van der Waals surface area contributed by atoms with Crippen LogP contribution in [0.15, 0.2) is 23.5 Å². The van der Waals surface area contributed by atoms with Crippen LogP contribution < -0.4 is 0 Å². The van der Waals surface area contributed by atoms with Gasteiger partial charge in [0.2, 0.25) is 18.0 Å². The summed E-state index contributed by atoms with van der Waals surface area (Å²) in [6, 6.07) is 0. The molecule has 0 aromatic heterocycles. The fourth-order valence-corrected chi connectivity index (χ4v) is 9.98. The van der Waals surface area contributed by atoms with Gasteiger partial charge in [0.1, 0.15) is 42.2 Å². The lowest BCUT2D eigenvalue weighted by atomic mass is 9.38. The summed E-state index contributed by atoms with van der Waals surface area (Å²) in [4.78, 5) is 65.8. The third kappa shape index (κ3) is 5.55. The summed E-state index contributed by atoms with van der Waals surface area (Å²) in [5.74, 6) is -10.1. The van der Waals surface area contributed by atoms with Gasteiger partial charge in [-0.25, -0.2) is 14.4 Å². The highest BCUT2D eigenvalue weighted by atomic mass is 16.7. The van der Waals surface area contributed by atoms with E-state index in [1.54, 1.807) is 13.8 Å². The number of hydrogen-bond donors (Lipinski definition) is 7. The Bertz CT molecular complexity index is 1640. The maximum Gasteiger partial charge on any atom is 0.348 e. The third-order valence-corrected chi connectivity index (χ3v) is 12.7. The van der Waals surface area contributed by atoms with Crippen LogP contribution in [0.1, 0.15) is 48.0 Å². The molecule has 53 heavy (non-hydrogen) atoms. The maximum absolute atomic E-state index is 13.8. The molecule has 0 aromatic rings. The molecule has 18 nitrogen and oxygen atoms in total. The molecule has 18 heteroatoms.